The fraction of sp³-hybridized carbons (Fsp3) is 0.125. The van der Waals surface area contributed by atoms with Crippen LogP contribution in [-0.4, -0.2) is 20.1 Å². The fourth-order valence-corrected chi connectivity index (χ4v) is 3.39. The summed E-state index contributed by atoms with van der Waals surface area (Å²) in [5, 5.41) is 2.83. The second-order valence-electron chi connectivity index (χ2n) is 6.36. The molecule has 154 valence electrons. The quantitative estimate of drug-likeness (QED) is 0.431. The molecule has 0 radical (unpaired) electrons. The number of ether oxygens (including phenoxy) is 3. The number of amides is 1. The monoisotopic (exact) mass is 467 g/mol. The van der Waals surface area contributed by atoms with Crippen LogP contribution in [0.1, 0.15) is 11.1 Å². The van der Waals surface area contributed by atoms with E-state index in [0.717, 1.165) is 21.3 Å². The van der Waals surface area contributed by atoms with E-state index in [1.54, 1.807) is 38.5 Å². The lowest BCUT2D eigenvalue weighted by atomic mass is 10.2. The molecule has 6 heteroatoms. The van der Waals surface area contributed by atoms with E-state index in [1.165, 1.54) is 6.08 Å². The van der Waals surface area contributed by atoms with Crippen molar-refractivity contribution >= 4 is 33.6 Å². The molecule has 3 aromatic rings. The smallest absolute Gasteiger partial charge is 0.248 e. The number of hydrogen-bond donors (Lipinski definition) is 1. The third-order valence-electron chi connectivity index (χ3n) is 4.25. The molecule has 0 atom stereocenters. The third-order valence-corrected chi connectivity index (χ3v) is 4.84. The zero-order valence-electron chi connectivity index (χ0n) is 16.7. The van der Waals surface area contributed by atoms with Crippen LogP contribution in [-0.2, 0) is 11.4 Å². The molecular formula is C24H22BrNO4. The lowest BCUT2D eigenvalue weighted by molar-refractivity contribution is -0.111. The summed E-state index contributed by atoms with van der Waals surface area (Å²) in [5.74, 6) is 1.69. The van der Waals surface area contributed by atoms with Gasteiger partial charge in [0.2, 0.25) is 5.91 Å². The number of halogens is 1. The van der Waals surface area contributed by atoms with Crippen molar-refractivity contribution < 1.29 is 19.0 Å². The van der Waals surface area contributed by atoms with E-state index < -0.39 is 0 Å². The number of rotatable bonds is 8. The van der Waals surface area contributed by atoms with Crippen LogP contribution in [0.15, 0.2) is 77.3 Å². The minimum Gasteiger partial charge on any atom is -0.493 e. The van der Waals surface area contributed by atoms with E-state index in [-0.39, 0.29) is 5.91 Å². The third kappa shape index (κ3) is 5.87. The molecule has 0 saturated carbocycles. The molecule has 0 aliphatic heterocycles. The van der Waals surface area contributed by atoms with Gasteiger partial charge in [-0.2, -0.15) is 0 Å². The molecule has 0 unspecified atom stereocenters. The second kappa shape index (κ2) is 10.5. The molecule has 30 heavy (non-hydrogen) atoms. The van der Waals surface area contributed by atoms with E-state index >= 15 is 0 Å². The van der Waals surface area contributed by atoms with Crippen molar-refractivity contribution in [1.82, 2.24) is 0 Å². The van der Waals surface area contributed by atoms with Gasteiger partial charge in [-0.25, -0.2) is 0 Å². The van der Waals surface area contributed by atoms with Gasteiger partial charge in [-0.15, -0.1) is 0 Å². The average molecular weight is 468 g/mol. The zero-order chi connectivity index (χ0) is 21.3. The van der Waals surface area contributed by atoms with Crippen molar-refractivity contribution in [2.45, 2.75) is 6.61 Å². The molecule has 0 bridgehead atoms. The van der Waals surface area contributed by atoms with Crippen molar-refractivity contribution in [2.75, 3.05) is 19.5 Å². The average Bonchev–Trinajstić information content (AvgIpc) is 2.77. The molecule has 0 spiro atoms. The Hall–Kier alpha value is -3.25. The standard InChI is InChI=1S/C24H22BrNO4/c1-28-22-15-18(14-21(25)24(22)29-2)8-13-23(27)26-19-9-11-20(12-10-19)30-16-17-6-4-3-5-7-17/h3-15H,16H2,1-2H3,(H,26,27)/b13-8+. The van der Waals surface area contributed by atoms with Crippen LogP contribution < -0.4 is 19.5 Å². The lowest BCUT2D eigenvalue weighted by Gasteiger charge is -2.10. The van der Waals surface area contributed by atoms with Crippen LogP contribution in [0.5, 0.6) is 17.2 Å². The van der Waals surface area contributed by atoms with Crippen molar-refractivity contribution in [2.24, 2.45) is 0 Å². The van der Waals surface area contributed by atoms with Gasteiger partial charge < -0.3 is 19.5 Å². The highest BCUT2D eigenvalue weighted by Gasteiger charge is 2.09. The Bertz CT molecular complexity index is 1020. The number of benzene rings is 3. The number of anilines is 1. The van der Waals surface area contributed by atoms with Gasteiger partial charge in [-0.1, -0.05) is 30.3 Å². The number of carbonyl (C=O) groups is 1. The minimum absolute atomic E-state index is 0.237. The Balaban J connectivity index is 1.57. The number of methoxy groups -OCH3 is 2. The first kappa shape index (κ1) is 21.5. The van der Waals surface area contributed by atoms with Crippen molar-refractivity contribution in [3.63, 3.8) is 0 Å². The minimum atomic E-state index is -0.237. The summed E-state index contributed by atoms with van der Waals surface area (Å²) in [6.45, 7) is 0.496. The highest BCUT2D eigenvalue weighted by Crippen LogP contribution is 2.36. The molecule has 0 fully saturated rings. The van der Waals surface area contributed by atoms with E-state index in [0.29, 0.717) is 23.8 Å². The van der Waals surface area contributed by atoms with Crippen LogP contribution in [0.4, 0.5) is 5.69 Å². The van der Waals surface area contributed by atoms with E-state index in [9.17, 15) is 4.79 Å². The number of nitrogens with one attached hydrogen (secondary N) is 1. The highest BCUT2D eigenvalue weighted by atomic mass is 79.9. The molecule has 0 aromatic heterocycles. The van der Waals surface area contributed by atoms with E-state index in [2.05, 4.69) is 21.2 Å². The van der Waals surface area contributed by atoms with E-state index in [4.69, 9.17) is 14.2 Å². The molecule has 0 aliphatic rings. The van der Waals surface area contributed by atoms with Gasteiger partial charge >= 0.3 is 0 Å². The summed E-state index contributed by atoms with van der Waals surface area (Å²) in [5.41, 5.74) is 2.59. The summed E-state index contributed by atoms with van der Waals surface area (Å²) in [6, 6.07) is 20.9. The maximum absolute atomic E-state index is 12.2. The largest absolute Gasteiger partial charge is 0.493 e. The Kier molecular flexibility index (Phi) is 7.51. The highest BCUT2D eigenvalue weighted by molar-refractivity contribution is 9.10. The Labute approximate surface area is 184 Å². The van der Waals surface area contributed by atoms with Crippen molar-refractivity contribution in [3.8, 4) is 17.2 Å². The molecule has 0 heterocycles. The van der Waals surface area contributed by atoms with Crippen molar-refractivity contribution in [1.29, 1.82) is 0 Å². The molecule has 3 rings (SSSR count). The van der Waals surface area contributed by atoms with Gasteiger partial charge in [-0.05, 0) is 69.5 Å². The number of carbonyl (C=O) groups excluding carboxylic acids is 1. The van der Waals surface area contributed by atoms with Crippen LogP contribution in [0.25, 0.3) is 6.08 Å². The molecule has 1 amide bonds. The number of hydrogen-bond acceptors (Lipinski definition) is 4. The molecule has 0 aliphatic carbocycles. The van der Waals surface area contributed by atoms with E-state index in [1.807, 2.05) is 48.5 Å². The molecule has 1 N–H and O–H groups in total. The van der Waals surface area contributed by atoms with Crippen molar-refractivity contribution in [3.05, 3.63) is 88.4 Å². The van der Waals surface area contributed by atoms with Gasteiger partial charge in [-0.3, -0.25) is 4.79 Å². The predicted octanol–water partition coefficient (Wildman–Crippen LogP) is 5.70. The second-order valence-corrected chi connectivity index (χ2v) is 7.21. The van der Waals surface area contributed by atoms with Gasteiger partial charge in [0.1, 0.15) is 12.4 Å². The molecule has 0 saturated heterocycles. The first-order valence-electron chi connectivity index (χ1n) is 9.26. The first-order chi connectivity index (χ1) is 14.6. The topological polar surface area (TPSA) is 56.8 Å². The maximum atomic E-state index is 12.2. The van der Waals surface area contributed by atoms with Crippen LogP contribution in [0.2, 0.25) is 0 Å². The normalized spacial score (nSPS) is 10.6. The summed E-state index contributed by atoms with van der Waals surface area (Å²) >= 11 is 3.44. The zero-order valence-corrected chi connectivity index (χ0v) is 18.3. The Morgan fingerprint density at radius 1 is 1.00 bits per heavy atom. The van der Waals surface area contributed by atoms with Gasteiger partial charge in [0, 0.05) is 11.8 Å². The van der Waals surface area contributed by atoms with Crippen LogP contribution in [0, 0.1) is 0 Å². The molecule has 5 nitrogen and oxygen atoms in total. The molecular weight excluding hydrogens is 446 g/mol. The molecule has 3 aromatic carbocycles. The first-order valence-corrected chi connectivity index (χ1v) is 10.1. The summed E-state index contributed by atoms with van der Waals surface area (Å²) in [7, 11) is 3.14. The van der Waals surface area contributed by atoms with Gasteiger partial charge in [0.25, 0.3) is 0 Å². The summed E-state index contributed by atoms with van der Waals surface area (Å²) in [4.78, 5) is 12.2. The Morgan fingerprint density at radius 3 is 2.40 bits per heavy atom. The predicted molar refractivity (Wildman–Crippen MR) is 122 cm³/mol. The Morgan fingerprint density at radius 2 is 1.73 bits per heavy atom. The summed E-state index contributed by atoms with van der Waals surface area (Å²) in [6.07, 6.45) is 3.17. The lowest BCUT2D eigenvalue weighted by Crippen LogP contribution is -2.07. The maximum Gasteiger partial charge on any atom is 0.248 e. The van der Waals surface area contributed by atoms with Crippen LogP contribution in [0.3, 0.4) is 0 Å². The van der Waals surface area contributed by atoms with Gasteiger partial charge in [0.15, 0.2) is 11.5 Å². The van der Waals surface area contributed by atoms with Crippen LogP contribution >= 0.6 is 15.9 Å². The SMILES string of the molecule is COc1cc(/C=C/C(=O)Nc2ccc(OCc3ccccc3)cc2)cc(Br)c1OC. The fourth-order valence-electron chi connectivity index (χ4n) is 2.77. The van der Waals surface area contributed by atoms with Gasteiger partial charge in [0.05, 0.1) is 18.7 Å². The summed E-state index contributed by atoms with van der Waals surface area (Å²) < 4.78 is 17.1.